The molecule has 2 atom stereocenters. The van der Waals surface area contributed by atoms with Crippen LogP contribution in [0.5, 0.6) is 0 Å². The number of amides is 1. The Morgan fingerprint density at radius 3 is 2.62 bits per heavy atom. The molecule has 1 aliphatic carbocycles. The molecule has 3 aliphatic rings. The fourth-order valence-electron chi connectivity index (χ4n) is 3.97. The van der Waals surface area contributed by atoms with Gasteiger partial charge in [0.15, 0.2) is 0 Å². The minimum absolute atomic E-state index is 0.0583. The maximum Gasteiger partial charge on any atom is 0.249 e. The molecule has 0 radical (unpaired) electrons. The minimum atomic E-state index is -0.678. The maximum atomic E-state index is 13.2. The number of ether oxygens (including phenoxy) is 1. The van der Waals surface area contributed by atoms with Gasteiger partial charge < -0.3 is 9.64 Å². The molecule has 6 heteroatoms. The van der Waals surface area contributed by atoms with Crippen LogP contribution < -0.4 is 5.32 Å². The first-order valence-corrected chi connectivity index (χ1v) is 10.7. The Kier molecular flexibility index (Phi) is 7.22. The van der Waals surface area contributed by atoms with Gasteiger partial charge in [-0.1, -0.05) is 0 Å². The lowest BCUT2D eigenvalue weighted by molar-refractivity contribution is -0.142. The van der Waals surface area contributed by atoms with E-state index in [1.165, 1.54) is 31.4 Å². The van der Waals surface area contributed by atoms with Crippen LogP contribution in [0, 0.1) is 0 Å². The van der Waals surface area contributed by atoms with E-state index in [9.17, 15) is 9.18 Å². The van der Waals surface area contributed by atoms with Gasteiger partial charge in [-0.05, 0) is 70.1 Å². The molecule has 2 aliphatic heterocycles. The highest BCUT2D eigenvalue weighted by molar-refractivity contribution is 8.00. The van der Waals surface area contributed by atoms with E-state index in [0.29, 0.717) is 18.1 Å². The number of alkyl halides is 1. The summed E-state index contributed by atoms with van der Waals surface area (Å²) in [5.41, 5.74) is 0. The lowest BCUT2D eigenvalue weighted by atomic mass is 9.96. The van der Waals surface area contributed by atoms with Crippen LogP contribution in [0.1, 0.15) is 57.8 Å². The number of hydrogen-bond acceptors (Lipinski definition) is 4. The molecule has 2 saturated heterocycles. The standard InChI is InChI=1S/C18H31FN2O2S/c19-14-6-8-15(9-7-14)23-13-18(22)21(12-16-4-3-11-24-16)17-5-1-2-10-20-17/h14-17,20H,1-13H2. The van der Waals surface area contributed by atoms with Gasteiger partial charge in [0, 0.05) is 11.8 Å². The number of carbonyl (C=O) groups excluding carboxylic acids is 1. The number of nitrogens with zero attached hydrogens (tertiary/aromatic N) is 1. The van der Waals surface area contributed by atoms with Gasteiger partial charge >= 0.3 is 0 Å². The summed E-state index contributed by atoms with van der Waals surface area (Å²) in [6.45, 7) is 1.98. The monoisotopic (exact) mass is 358 g/mol. The second kappa shape index (κ2) is 9.39. The molecule has 0 spiro atoms. The van der Waals surface area contributed by atoms with Crippen LogP contribution in [0.4, 0.5) is 4.39 Å². The number of carbonyl (C=O) groups is 1. The van der Waals surface area contributed by atoms with Gasteiger partial charge in [0.1, 0.15) is 12.8 Å². The molecule has 0 aromatic carbocycles. The van der Waals surface area contributed by atoms with E-state index < -0.39 is 6.17 Å². The molecule has 1 amide bonds. The molecule has 2 heterocycles. The molecule has 2 unspecified atom stereocenters. The van der Waals surface area contributed by atoms with E-state index in [1.807, 2.05) is 16.7 Å². The average molecular weight is 359 g/mol. The van der Waals surface area contributed by atoms with E-state index in [2.05, 4.69) is 5.32 Å². The normalized spacial score (nSPS) is 34.2. The van der Waals surface area contributed by atoms with Crippen molar-refractivity contribution in [3.8, 4) is 0 Å². The van der Waals surface area contributed by atoms with Crippen LogP contribution in [-0.4, -0.2) is 59.9 Å². The number of halogens is 1. The Morgan fingerprint density at radius 1 is 1.12 bits per heavy atom. The highest BCUT2D eigenvalue weighted by atomic mass is 32.2. The van der Waals surface area contributed by atoms with Crippen molar-refractivity contribution in [2.75, 3.05) is 25.4 Å². The average Bonchev–Trinajstić information content (AvgIpc) is 3.13. The summed E-state index contributed by atoms with van der Waals surface area (Å²) < 4.78 is 19.0. The largest absolute Gasteiger partial charge is 0.368 e. The van der Waals surface area contributed by atoms with Gasteiger partial charge in [-0.15, -0.1) is 0 Å². The van der Waals surface area contributed by atoms with Crippen LogP contribution >= 0.6 is 11.8 Å². The summed E-state index contributed by atoms with van der Waals surface area (Å²) in [4.78, 5) is 14.8. The van der Waals surface area contributed by atoms with Crippen molar-refractivity contribution in [2.24, 2.45) is 0 Å². The first-order chi connectivity index (χ1) is 11.7. The third-order valence-corrected chi connectivity index (χ3v) is 6.83. The van der Waals surface area contributed by atoms with Gasteiger partial charge in [-0.25, -0.2) is 4.39 Å². The van der Waals surface area contributed by atoms with E-state index >= 15 is 0 Å². The molecule has 138 valence electrons. The molecular weight excluding hydrogens is 327 g/mol. The van der Waals surface area contributed by atoms with Crippen molar-refractivity contribution in [2.45, 2.75) is 81.5 Å². The predicted octanol–water partition coefficient (Wildman–Crippen LogP) is 3.11. The quantitative estimate of drug-likeness (QED) is 0.792. The summed E-state index contributed by atoms with van der Waals surface area (Å²) in [6.07, 6.45) is 8.07. The fraction of sp³-hybridized carbons (Fsp3) is 0.944. The summed E-state index contributed by atoms with van der Waals surface area (Å²) >= 11 is 1.99. The Labute approximate surface area is 149 Å². The Bertz CT molecular complexity index is 392. The zero-order valence-electron chi connectivity index (χ0n) is 14.6. The lowest BCUT2D eigenvalue weighted by Crippen LogP contribution is -2.53. The van der Waals surface area contributed by atoms with Crippen molar-refractivity contribution in [3.63, 3.8) is 0 Å². The fourth-order valence-corrected chi connectivity index (χ4v) is 5.24. The number of hydrogen-bond donors (Lipinski definition) is 1. The molecule has 3 rings (SSSR count). The van der Waals surface area contributed by atoms with Crippen LogP contribution in [0.3, 0.4) is 0 Å². The summed E-state index contributed by atoms with van der Waals surface area (Å²) in [6, 6.07) is 0. The van der Waals surface area contributed by atoms with E-state index in [4.69, 9.17) is 4.74 Å². The smallest absolute Gasteiger partial charge is 0.249 e. The molecule has 1 saturated carbocycles. The second-order valence-corrected chi connectivity index (χ2v) is 8.74. The number of piperidine rings is 1. The molecule has 4 nitrogen and oxygen atoms in total. The van der Waals surface area contributed by atoms with E-state index in [0.717, 1.165) is 32.4 Å². The minimum Gasteiger partial charge on any atom is -0.368 e. The highest BCUT2D eigenvalue weighted by Crippen LogP contribution is 2.28. The summed E-state index contributed by atoms with van der Waals surface area (Å²) in [7, 11) is 0. The van der Waals surface area contributed by atoms with Crippen molar-refractivity contribution in [3.05, 3.63) is 0 Å². The first kappa shape index (κ1) is 18.5. The van der Waals surface area contributed by atoms with Crippen molar-refractivity contribution >= 4 is 17.7 Å². The SMILES string of the molecule is O=C(COC1CCC(F)CC1)N(CC1CCCS1)C1CCCCN1. The van der Waals surface area contributed by atoms with Gasteiger partial charge in [-0.2, -0.15) is 11.8 Å². The molecule has 0 bridgehead atoms. The number of nitrogens with one attached hydrogen (secondary N) is 1. The van der Waals surface area contributed by atoms with Gasteiger partial charge in [0.05, 0.1) is 12.3 Å². The maximum absolute atomic E-state index is 13.2. The van der Waals surface area contributed by atoms with Gasteiger partial charge in [0.2, 0.25) is 5.91 Å². The van der Waals surface area contributed by atoms with Gasteiger partial charge in [-0.3, -0.25) is 10.1 Å². The molecule has 0 aromatic heterocycles. The topological polar surface area (TPSA) is 41.6 Å². The number of rotatable bonds is 6. The van der Waals surface area contributed by atoms with Crippen LogP contribution in [0.15, 0.2) is 0 Å². The van der Waals surface area contributed by atoms with Crippen molar-refractivity contribution in [1.82, 2.24) is 10.2 Å². The first-order valence-electron chi connectivity index (χ1n) is 9.62. The third-order valence-electron chi connectivity index (χ3n) is 5.45. The third kappa shape index (κ3) is 5.33. The predicted molar refractivity (Wildman–Crippen MR) is 95.9 cm³/mol. The van der Waals surface area contributed by atoms with Crippen LogP contribution in [-0.2, 0) is 9.53 Å². The molecule has 24 heavy (non-hydrogen) atoms. The zero-order valence-corrected chi connectivity index (χ0v) is 15.4. The van der Waals surface area contributed by atoms with E-state index in [-0.39, 0.29) is 24.8 Å². The second-order valence-electron chi connectivity index (χ2n) is 7.33. The highest BCUT2D eigenvalue weighted by Gasteiger charge is 2.30. The molecule has 1 N–H and O–H groups in total. The zero-order chi connectivity index (χ0) is 16.8. The Balaban J connectivity index is 1.51. The van der Waals surface area contributed by atoms with Crippen LogP contribution in [0.25, 0.3) is 0 Å². The number of thioether (sulfide) groups is 1. The van der Waals surface area contributed by atoms with E-state index in [1.54, 1.807) is 0 Å². The molecular formula is C18H31FN2O2S. The molecule has 3 fully saturated rings. The Morgan fingerprint density at radius 2 is 1.96 bits per heavy atom. The summed E-state index contributed by atoms with van der Waals surface area (Å²) in [5.74, 6) is 1.32. The lowest BCUT2D eigenvalue weighted by Gasteiger charge is -2.37. The van der Waals surface area contributed by atoms with Gasteiger partial charge in [0.25, 0.3) is 0 Å². The summed E-state index contributed by atoms with van der Waals surface area (Å²) in [5, 5.41) is 4.08. The van der Waals surface area contributed by atoms with Crippen LogP contribution in [0.2, 0.25) is 0 Å². The Hall–Kier alpha value is -0.330. The van der Waals surface area contributed by atoms with Crippen molar-refractivity contribution in [1.29, 1.82) is 0 Å². The molecule has 0 aromatic rings. The van der Waals surface area contributed by atoms with Crippen molar-refractivity contribution < 1.29 is 13.9 Å².